The Labute approximate surface area is 214 Å². The molecule has 1 atom stereocenters. The lowest BCUT2D eigenvalue weighted by molar-refractivity contribution is 0.0971. The molecule has 1 aromatic heterocycles. The molecule has 3 aromatic carbocycles. The van der Waals surface area contributed by atoms with Crippen LogP contribution in [0.4, 0.5) is 5.69 Å². The molecule has 184 valence electrons. The van der Waals surface area contributed by atoms with Crippen molar-refractivity contribution in [2.75, 3.05) is 18.1 Å². The van der Waals surface area contributed by atoms with E-state index in [1.54, 1.807) is 35.2 Å². The number of aryl methyl sites for hydroxylation is 1. The summed E-state index contributed by atoms with van der Waals surface area (Å²) >= 11 is 6.44. The van der Waals surface area contributed by atoms with Crippen molar-refractivity contribution in [3.8, 4) is 11.5 Å². The summed E-state index contributed by atoms with van der Waals surface area (Å²) in [6.45, 7) is 6.81. The Hall–Kier alpha value is -3.77. The summed E-state index contributed by atoms with van der Waals surface area (Å²) < 4.78 is 17.8. The number of nitrogens with zero attached hydrogens (tertiary/aromatic N) is 1. The normalized spacial score (nSPS) is 14.8. The van der Waals surface area contributed by atoms with Gasteiger partial charge in [-0.1, -0.05) is 42.8 Å². The molecule has 5 rings (SSSR count). The van der Waals surface area contributed by atoms with E-state index in [0.717, 1.165) is 12.0 Å². The van der Waals surface area contributed by atoms with Gasteiger partial charge in [0, 0.05) is 10.7 Å². The number of rotatable bonds is 7. The third-order valence-corrected chi connectivity index (χ3v) is 6.66. The smallest absolute Gasteiger partial charge is 0.295 e. The van der Waals surface area contributed by atoms with Crippen LogP contribution in [0.15, 0.2) is 69.9 Å². The number of carbonyl (C=O) groups excluding carboxylic acids is 1. The molecule has 0 saturated heterocycles. The fraction of sp³-hybridized carbons (Fsp3) is 0.241. The summed E-state index contributed by atoms with van der Waals surface area (Å²) in [5.41, 5.74) is 2.58. The molecular weight excluding hydrogens is 478 g/mol. The largest absolute Gasteiger partial charge is 0.490 e. The first-order chi connectivity index (χ1) is 17.4. The molecule has 0 aliphatic carbocycles. The van der Waals surface area contributed by atoms with E-state index in [1.165, 1.54) is 0 Å². The summed E-state index contributed by atoms with van der Waals surface area (Å²) in [4.78, 5) is 29.1. The molecule has 0 spiro atoms. The van der Waals surface area contributed by atoms with Crippen molar-refractivity contribution < 1.29 is 18.7 Å². The van der Waals surface area contributed by atoms with Crippen LogP contribution in [0.2, 0.25) is 5.02 Å². The molecular formula is C29H26ClNO5. The lowest BCUT2D eigenvalue weighted by Crippen LogP contribution is -2.29. The number of anilines is 1. The highest BCUT2D eigenvalue weighted by Gasteiger charge is 2.44. The fourth-order valence-electron chi connectivity index (χ4n) is 4.53. The van der Waals surface area contributed by atoms with E-state index >= 15 is 0 Å². The fourth-order valence-corrected chi connectivity index (χ4v) is 4.70. The molecule has 0 bridgehead atoms. The molecule has 0 N–H and O–H groups in total. The van der Waals surface area contributed by atoms with Crippen molar-refractivity contribution >= 4 is 34.2 Å². The highest BCUT2D eigenvalue weighted by atomic mass is 35.5. The van der Waals surface area contributed by atoms with Crippen molar-refractivity contribution in [3.05, 3.63) is 98.4 Å². The zero-order valence-electron chi connectivity index (χ0n) is 20.3. The zero-order valence-corrected chi connectivity index (χ0v) is 21.1. The van der Waals surface area contributed by atoms with Gasteiger partial charge < -0.3 is 13.9 Å². The second kappa shape index (κ2) is 9.70. The third kappa shape index (κ3) is 4.01. The Balaban J connectivity index is 1.75. The maximum Gasteiger partial charge on any atom is 0.295 e. The van der Waals surface area contributed by atoms with E-state index in [0.29, 0.717) is 57.5 Å². The molecule has 1 aliphatic rings. The van der Waals surface area contributed by atoms with Gasteiger partial charge in [0.1, 0.15) is 5.58 Å². The van der Waals surface area contributed by atoms with Crippen molar-refractivity contribution in [2.45, 2.75) is 33.2 Å². The Morgan fingerprint density at radius 3 is 2.53 bits per heavy atom. The van der Waals surface area contributed by atoms with Gasteiger partial charge in [-0.05, 0) is 67.8 Å². The molecule has 36 heavy (non-hydrogen) atoms. The molecule has 7 heteroatoms. The summed E-state index contributed by atoms with van der Waals surface area (Å²) in [7, 11) is 0. The van der Waals surface area contributed by atoms with Crippen LogP contribution in [-0.2, 0) is 0 Å². The molecule has 1 unspecified atom stereocenters. The van der Waals surface area contributed by atoms with Crippen molar-refractivity contribution in [1.29, 1.82) is 0 Å². The minimum atomic E-state index is -0.730. The van der Waals surface area contributed by atoms with Gasteiger partial charge in [-0.25, -0.2) is 0 Å². The predicted molar refractivity (Wildman–Crippen MR) is 141 cm³/mol. The van der Waals surface area contributed by atoms with Gasteiger partial charge in [-0.2, -0.15) is 0 Å². The van der Waals surface area contributed by atoms with Crippen molar-refractivity contribution in [2.24, 2.45) is 0 Å². The Bertz CT molecular complexity index is 1530. The number of hydrogen-bond donors (Lipinski definition) is 0. The molecule has 2 heterocycles. The average Bonchev–Trinajstić information content (AvgIpc) is 3.17. The first kappa shape index (κ1) is 23.9. The maximum atomic E-state index is 13.8. The van der Waals surface area contributed by atoms with Crippen molar-refractivity contribution in [3.63, 3.8) is 0 Å². The second-order valence-electron chi connectivity index (χ2n) is 8.67. The second-order valence-corrected chi connectivity index (χ2v) is 9.08. The highest BCUT2D eigenvalue weighted by Crippen LogP contribution is 2.44. The topological polar surface area (TPSA) is 69.0 Å². The van der Waals surface area contributed by atoms with E-state index in [1.807, 2.05) is 51.1 Å². The number of amides is 1. The number of halogens is 1. The third-order valence-electron chi connectivity index (χ3n) is 6.26. The Morgan fingerprint density at radius 1 is 0.972 bits per heavy atom. The van der Waals surface area contributed by atoms with E-state index in [2.05, 4.69) is 0 Å². The van der Waals surface area contributed by atoms with Crippen LogP contribution in [0, 0.1) is 6.92 Å². The van der Waals surface area contributed by atoms with Crippen LogP contribution in [-0.4, -0.2) is 19.1 Å². The van der Waals surface area contributed by atoms with Gasteiger partial charge in [0.15, 0.2) is 16.9 Å². The summed E-state index contributed by atoms with van der Waals surface area (Å²) in [6.07, 6.45) is 0.855. The van der Waals surface area contributed by atoms with Crippen LogP contribution < -0.4 is 19.8 Å². The summed E-state index contributed by atoms with van der Waals surface area (Å²) in [5.74, 6) is 0.797. The monoisotopic (exact) mass is 503 g/mol. The molecule has 1 amide bonds. The van der Waals surface area contributed by atoms with Gasteiger partial charge in [0.25, 0.3) is 5.91 Å². The zero-order chi connectivity index (χ0) is 25.4. The molecule has 0 fully saturated rings. The van der Waals surface area contributed by atoms with Crippen LogP contribution in [0.1, 0.15) is 53.6 Å². The van der Waals surface area contributed by atoms with E-state index in [-0.39, 0.29) is 11.2 Å². The van der Waals surface area contributed by atoms with Crippen LogP contribution >= 0.6 is 11.6 Å². The van der Waals surface area contributed by atoms with Gasteiger partial charge in [-0.3, -0.25) is 14.5 Å². The average molecular weight is 504 g/mol. The minimum Gasteiger partial charge on any atom is -0.490 e. The summed E-state index contributed by atoms with van der Waals surface area (Å²) in [6, 6.07) is 17.1. The number of para-hydroxylation sites is 1. The molecule has 0 saturated carbocycles. The first-order valence-electron chi connectivity index (χ1n) is 12.0. The predicted octanol–water partition coefficient (Wildman–Crippen LogP) is 6.69. The number of ether oxygens (including phenoxy) is 2. The van der Waals surface area contributed by atoms with Crippen LogP contribution in [0.25, 0.3) is 11.0 Å². The van der Waals surface area contributed by atoms with Gasteiger partial charge >= 0.3 is 0 Å². The quantitative estimate of drug-likeness (QED) is 0.281. The number of carbonyl (C=O) groups is 1. The van der Waals surface area contributed by atoms with Crippen molar-refractivity contribution in [1.82, 2.24) is 0 Å². The maximum absolute atomic E-state index is 13.8. The molecule has 1 aliphatic heterocycles. The molecule has 6 nitrogen and oxygen atoms in total. The lowest BCUT2D eigenvalue weighted by atomic mass is 9.97. The van der Waals surface area contributed by atoms with Crippen LogP contribution in [0.3, 0.4) is 0 Å². The number of hydrogen-bond acceptors (Lipinski definition) is 5. The molecule has 4 aromatic rings. The van der Waals surface area contributed by atoms with Gasteiger partial charge in [0.2, 0.25) is 5.76 Å². The van der Waals surface area contributed by atoms with E-state index in [4.69, 9.17) is 25.5 Å². The number of benzene rings is 3. The first-order valence-corrected chi connectivity index (χ1v) is 12.4. The Kier molecular flexibility index (Phi) is 6.46. The van der Waals surface area contributed by atoms with E-state index < -0.39 is 11.9 Å². The van der Waals surface area contributed by atoms with Gasteiger partial charge in [-0.15, -0.1) is 0 Å². The lowest BCUT2D eigenvalue weighted by Gasteiger charge is -2.26. The standard InChI is InChI=1S/C29H26ClNO5/c1-4-14-35-23-13-11-18(15-24(23)34-5-2)26-25-27(32)20-8-6-7-9-22(20)36-28(25)29(33)31(26)19-12-10-17(3)21(30)16-19/h6-13,15-16,26H,4-5,14H2,1-3H3. The minimum absolute atomic E-state index is 0.0321. The Morgan fingerprint density at radius 2 is 1.78 bits per heavy atom. The molecule has 0 radical (unpaired) electrons. The highest BCUT2D eigenvalue weighted by molar-refractivity contribution is 6.31. The van der Waals surface area contributed by atoms with E-state index in [9.17, 15) is 9.59 Å². The summed E-state index contributed by atoms with van der Waals surface area (Å²) in [5, 5.41) is 0.948. The number of fused-ring (bicyclic) bond motifs is 2. The van der Waals surface area contributed by atoms with Crippen LogP contribution in [0.5, 0.6) is 11.5 Å². The van der Waals surface area contributed by atoms with Gasteiger partial charge in [0.05, 0.1) is 30.2 Å². The SMILES string of the molecule is CCCOc1ccc(C2c3c(oc4ccccc4c3=O)C(=O)N2c2ccc(C)c(Cl)c2)cc1OCC.